The highest BCUT2D eigenvalue weighted by Gasteiger charge is 2.17. The van der Waals surface area contributed by atoms with Crippen molar-refractivity contribution in [2.24, 2.45) is 5.84 Å². The predicted octanol–water partition coefficient (Wildman–Crippen LogP) is 1.05. The van der Waals surface area contributed by atoms with Gasteiger partial charge in [0.2, 0.25) is 11.9 Å². The molecule has 2 aromatic heterocycles. The number of nitrogens with two attached hydrogens (primary N) is 1. The molecule has 112 valence electrons. The molecule has 0 unspecified atom stereocenters. The molecule has 1 saturated heterocycles. The zero-order chi connectivity index (χ0) is 14.7. The van der Waals surface area contributed by atoms with Crippen LogP contribution in [-0.2, 0) is 4.74 Å². The Kier molecular flexibility index (Phi) is 4.23. The number of hydrogen-bond donors (Lipinski definition) is 2. The molecule has 3 rings (SSSR count). The fourth-order valence-electron chi connectivity index (χ4n) is 1.94. The van der Waals surface area contributed by atoms with Crippen LogP contribution in [-0.4, -0.2) is 41.3 Å². The normalized spacial score (nSPS) is 15.2. The van der Waals surface area contributed by atoms with Gasteiger partial charge in [0.05, 0.1) is 24.4 Å². The summed E-state index contributed by atoms with van der Waals surface area (Å²) in [5.41, 5.74) is 2.48. The van der Waals surface area contributed by atoms with Crippen LogP contribution in [0.1, 0.15) is 5.76 Å². The Morgan fingerprint density at radius 2 is 2.10 bits per heavy atom. The highest BCUT2D eigenvalue weighted by Crippen LogP contribution is 2.29. The van der Waals surface area contributed by atoms with Gasteiger partial charge in [-0.1, -0.05) is 0 Å². The number of furan rings is 1. The Morgan fingerprint density at radius 1 is 1.29 bits per heavy atom. The fraction of sp³-hybridized carbons (Fsp3) is 0.417. The summed E-state index contributed by atoms with van der Waals surface area (Å²) in [6, 6.07) is 1.88. The Balaban J connectivity index is 1.87. The van der Waals surface area contributed by atoms with E-state index in [4.69, 9.17) is 15.0 Å². The quantitative estimate of drug-likeness (QED) is 0.633. The van der Waals surface area contributed by atoms with E-state index in [1.54, 1.807) is 6.26 Å². The Morgan fingerprint density at radius 3 is 2.76 bits per heavy atom. The van der Waals surface area contributed by atoms with E-state index in [1.807, 2.05) is 13.0 Å². The number of aryl methyl sites for hydroxylation is 1. The Labute approximate surface area is 126 Å². The van der Waals surface area contributed by atoms with Crippen molar-refractivity contribution in [3.05, 3.63) is 18.1 Å². The molecule has 1 fully saturated rings. The lowest BCUT2D eigenvalue weighted by Gasteiger charge is -2.26. The molecule has 8 nitrogen and oxygen atoms in total. The fourth-order valence-corrected chi connectivity index (χ4v) is 2.71. The number of rotatable bonds is 4. The van der Waals surface area contributed by atoms with E-state index >= 15 is 0 Å². The molecule has 9 heteroatoms. The average Bonchev–Trinajstić information content (AvgIpc) is 2.93. The second-order valence-electron chi connectivity index (χ2n) is 4.43. The molecule has 0 spiro atoms. The first-order valence-corrected chi connectivity index (χ1v) is 7.35. The molecule has 1 aliphatic heterocycles. The standard InChI is InChI=1S/C12H16N6O2S/c1-8-9(2-5-20-8)21-12-15-10(17-13)14-11(16-12)18-3-6-19-7-4-18/h2,5H,3-4,6-7,13H2,1H3,(H,14,15,16,17). The smallest absolute Gasteiger partial charge is 0.242 e. The summed E-state index contributed by atoms with van der Waals surface area (Å²) in [4.78, 5) is 16.1. The number of aromatic nitrogens is 3. The summed E-state index contributed by atoms with van der Waals surface area (Å²) in [6.45, 7) is 4.74. The number of ether oxygens (including phenoxy) is 1. The molecule has 0 bridgehead atoms. The minimum absolute atomic E-state index is 0.343. The summed E-state index contributed by atoms with van der Waals surface area (Å²) in [7, 11) is 0. The summed E-state index contributed by atoms with van der Waals surface area (Å²) in [5, 5.41) is 0.573. The third-order valence-corrected chi connectivity index (χ3v) is 4.05. The van der Waals surface area contributed by atoms with Crippen LogP contribution in [0.4, 0.5) is 11.9 Å². The lowest BCUT2D eigenvalue weighted by molar-refractivity contribution is 0.122. The molecule has 0 aromatic carbocycles. The van der Waals surface area contributed by atoms with Gasteiger partial charge < -0.3 is 14.1 Å². The number of hydrazine groups is 1. The van der Waals surface area contributed by atoms with E-state index in [9.17, 15) is 0 Å². The molecule has 0 saturated carbocycles. The first kappa shape index (κ1) is 14.1. The van der Waals surface area contributed by atoms with E-state index < -0.39 is 0 Å². The molecule has 0 aliphatic carbocycles. The molecular formula is C12H16N6O2S. The Bertz CT molecular complexity index is 614. The van der Waals surface area contributed by atoms with Crippen molar-refractivity contribution in [3.63, 3.8) is 0 Å². The zero-order valence-corrected chi connectivity index (χ0v) is 12.4. The predicted molar refractivity (Wildman–Crippen MR) is 78.2 cm³/mol. The number of hydrogen-bond acceptors (Lipinski definition) is 9. The van der Waals surface area contributed by atoms with Crippen molar-refractivity contribution in [1.82, 2.24) is 15.0 Å². The molecule has 21 heavy (non-hydrogen) atoms. The van der Waals surface area contributed by atoms with Crippen LogP contribution in [0.5, 0.6) is 0 Å². The van der Waals surface area contributed by atoms with Gasteiger partial charge in [-0.2, -0.15) is 15.0 Å². The van der Waals surface area contributed by atoms with Crippen LogP contribution >= 0.6 is 11.8 Å². The van der Waals surface area contributed by atoms with Gasteiger partial charge in [-0.25, -0.2) is 5.84 Å². The van der Waals surface area contributed by atoms with Gasteiger partial charge in [0.15, 0.2) is 5.16 Å². The number of nitrogens with one attached hydrogen (secondary N) is 1. The SMILES string of the molecule is Cc1occc1Sc1nc(NN)nc(N2CCOCC2)n1. The van der Waals surface area contributed by atoms with Gasteiger partial charge in [-0.15, -0.1) is 0 Å². The van der Waals surface area contributed by atoms with Crippen LogP contribution in [0.25, 0.3) is 0 Å². The molecule has 0 radical (unpaired) electrons. The van der Waals surface area contributed by atoms with Crippen LogP contribution < -0.4 is 16.2 Å². The number of morpholine rings is 1. The molecule has 2 aromatic rings. The van der Waals surface area contributed by atoms with Gasteiger partial charge in [0.25, 0.3) is 0 Å². The highest BCUT2D eigenvalue weighted by molar-refractivity contribution is 7.99. The van der Waals surface area contributed by atoms with Crippen molar-refractivity contribution in [3.8, 4) is 0 Å². The van der Waals surface area contributed by atoms with Gasteiger partial charge >= 0.3 is 0 Å². The molecule has 0 atom stereocenters. The summed E-state index contributed by atoms with van der Waals surface area (Å²) in [6.07, 6.45) is 1.64. The van der Waals surface area contributed by atoms with Crippen molar-refractivity contribution in [1.29, 1.82) is 0 Å². The average molecular weight is 308 g/mol. The summed E-state index contributed by atoms with van der Waals surface area (Å²) < 4.78 is 10.6. The lowest BCUT2D eigenvalue weighted by Crippen LogP contribution is -2.37. The second kappa shape index (κ2) is 6.29. The van der Waals surface area contributed by atoms with E-state index in [-0.39, 0.29) is 0 Å². The third kappa shape index (κ3) is 3.26. The van der Waals surface area contributed by atoms with Gasteiger partial charge in [0.1, 0.15) is 5.76 Å². The molecule has 3 heterocycles. The van der Waals surface area contributed by atoms with Crippen molar-refractivity contribution in [2.75, 3.05) is 36.6 Å². The highest BCUT2D eigenvalue weighted by atomic mass is 32.2. The first-order valence-electron chi connectivity index (χ1n) is 6.53. The van der Waals surface area contributed by atoms with Gasteiger partial charge in [0, 0.05) is 13.1 Å². The van der Waals surface area contributed by atoms with E-state index in [0.717, 1.165) is 23.7 Å². The lowest BCUT2D eigenvalue weighted by atomic mass is 10.4. The minimum Gasteiger partial charge on any atom is -0.468 e. The largest absolute Gasteiger partial charge is 0.468 e. The van der Waals surface area contributed by atoms with Crippen LogP contribution in [0.2, 0.25) is 0 Å². The Hall–Kier alpha value is -1.84. The molecule has 3 N–H and O–H groups in total. The number of nitrogen functional groups attached to an aromatic ring is 1. The van der Waals surface area contributed by atoms with E-state index in [2.05, 4.69) is 25.3 Å². The van der Waals surface area contributed by atoms with Gasteiger partial charge in [-0.05, 0) is 24.8 Å². The van der Waals surface area contributed by atoms with Crippen LogP contribution in [0, 0.1) is 6.92 Å². The van der Waals surface area contributed by atoms with Crippen molar-refractivity contribution < 1.29 is 9.15 Å². The monoisotopic (exact) mass is 308 g/mol. The maximum absolute atomic E-state index is 5.45. The summed E-state index contributed by atoms with van der Waals surface area (Å²) >= 11 is 1.42. The first-order chi connectivity index (χ1) is 10.3. The molecular weight excluding hydrogens is 292 g/mol. The topological polar surface area (TPSA) is 102 Å². The van der Waals surface area contributed by atoms with Crippen LogP contribution in [0.15, 0.2) is 26.8 Å². The zero-order valence-electron chi connectivity index (χ0n) is 11.6. The minimum atomic E-state index is 0.343. The number of anilines is 2. The summed E-state index contributed by atoms with van der Waals surface area (Å²) in [5.74, 6) is 7.22. The maximum atomic E-state index is 5.45. The molecule has 0 amide bonds. The molecule has 1 aliphatic rings. The third-order valence-electron chi connectivity index (χ3n) is 3.04. The van der Waals surface area contributed by atoms with Gasteiger partial charge in [-0.3, -0.25) is 5.43 Å². The van der Waals surface area contributed by atoms with E-state index in [1.165, 1.54) is 11.8 Å². The van der Waals surface area contributed by atoms with Crippen molar-refractivity contribution in [2.45, 2.75) is 17.0 Å². The van der Waals surface area contributed by atoms with Crippen LogP contribution in [0.3, 0.4) is 0 Å². The second-order valence-corrected chi connectivity index (χ2v) is 5.44. The maximum Gasteiger partial charge on any atom is 0.242 e. The van der Waals surface area contributed by atoms with E-state index in [0.29, 0.717) is 30.3 Å². The number of nitrogens with zero attached hydrogens (tertiary/aromatic N) is 4. The van der Waals surface area contributed by atoms with Crippen molar-refractivity contribution >= 4 is 23.7 Å².